The summed E-state index contributed by atoms with van der Waals surface area (Å²) in [6.45, 7) is 10.6. The van der Waals surface area contributed by atoms with Gasteiger partial charge < -0.3 is 10.6 Å². The topological polar surface area (TPSA) is 49.6 Å². The molecule has 1 amide bonds. The van der Waals surface area contributed by atoms with Gasteiger partial charge in [-0.2, -0.15) is 0 Å². The maximum Gasteiger partial charge on any atom is 0.226 e. The van der Waals surface area contributed by atoms with Crippen LogP contribution in [0.3, 0.4) is 0 Å². The molecule has 1 rings (SSSR count). The zero-order chi connectivity index (χ0) is 12.1. The van der Waals surface area contributed by atoms with Crippen LogP contribution in [0.1, 0.15) is 27.2 Å². The van der Waals surface area contributed by atoms with Crippen LogP contribution in [0.25, 0.3) is 0 Å². The smallest absolute Gasteiger partial charge is 0.226 e. The predicted molar refractivity (Wildman–Crippen MR) is 80.6 cm³/mol. The van der Waals surface area contributed by atoms with Crippen molar-refractivity contribution >= 4 is 30.7 Å². The first kappa shape index (κ1) is 20.3. The lowest BCUT2D eigenvalue weighted by Gasteiger charge is -2.26. The zero-order valence-corrected chi connectivity index (χ0v) is 13.2. The van der Waals surface area contributed by atoms with E-state index < -0.39 is 0 Å². The molecule has 4 nitrogen and oxygen atoms in total. The summed E-state index contributed by atoms with van der Waals surface area (Å²) < 4.78 is 0. The number of likely N-dealkylation sites (tertiary alicyclic amines) is 1. The van der Waals surface area contributed by atoms with E-state index in [0.29, 0.717) is 12.6 Å². The summed E-state index contributed by atoms with van der Waals surface area (Å²) in [6.07, 6.45) is 1.10. The Balaban J connectivity index is 0. The van der Waals surface area contributed by atoms with Crippen molar-refractivity contribution in [3.8, 4) is 0 Å². The van der Waals surface area contributed by atoms with Crippen molar-refractivity contribution in [2.45, 2.75) is 33.2 Å². The fourth-order valence-corrected chi connectivity index (χ4v) is 2.39. The van der Waals surface area contributed by atoms with Crippen molar-refractivity contribution in [3.05, 3.63) is 0 Å². The monoisotopic (exact) mass is 299 g/mol. The van der Waals surface area contributed by atoms with Gasteiger partial charge in [-0.15, -0.1) is 24.8 Å². The minimum absolute atomic E-state index is 0. The van der Waals surface area contributed by atoms with Crippen LogP contribution in [0, 0.1) is 5.92 Å². The predicted octanol–water partition coefficient (Wildman–Crippen LogP) is 1.37. The summed E-state index contributed by atoms with van der Waals surface area (Å²) in [5.74, 6) is 0.188. The molecule has 0 aromatic rings. The number of carbonyl (C=O) groups is 1. The van der Waals surface area contributed by atoms with Crippen LogP contribution in [0.4, 0.5) is 0 Å². The molecule has 0 aliphatic carbocycles. The molecule has 0 spiro atoms. The molecule has 0 radical (unpaired) electrons. The molecule has 0 aromatic heterocycles. The molecule has 6 heteroatoms. The van der Waals surface area contributed by atoms with Crippen LogP contribution in [-0.4, -0.2) is 54.5 Å². The third kappa shape index (κ3) is 4.92. The molecule has 1 saturated heterocycles. The first-order chi connectivity index (χ1) is 7.63. The lowest BCUT2D eigenvalue weighted by molar-refractivity contribution is -0.133. The Morgan fingerprint density at radius 2 is 1.94 bits per heavy atom. The molecule has 1 fully saturated rings. The largest absolute Gasteiger partial charge is 0.341 e. The van der Waals surface area contributed by atoms with Crippen LogP contribution in [-0.2, 0) is 4.79 Å². The van der Waals surface area contributed by atoms with Gasteiger partial charge in [0, 0.05) is 31.6 Å². The van der Waals surface area contributed by atoms with E-state index >= 15 is 0 Å². The lowest BCUT2D eigenvalue weighted by Crippen LogP contribution is -2.41. The van der Waals surface area contributed by atoms with E-state index in [1.165, 1.54) is 0 Å². The SMILES string of the molecule is CCN(CC)C1CCN(C(=O)C(C)CN)C1.Cl.Cl. The second-order valence-electron chi connectivity index (χ2n) is 4.58. The Morgan fingerprint density at radius 1 is 1.39 bits per heavy atom. The van der Waals surface area contributed by atoms with E-state index in [9.17, 15) is 4.79 Å². The molecular formula is C12H27Cl2N3O. The molecule has 2 N–H and O–H groups in total. The van der Waals surface area contributed by atoms with Crippen molar-refractivity contribution < 1.29 is 4.79 Å². The normalized spacial score (nSPS) is 20.3. The fraction of sp³-hybridized carbons (Fsp3) is 0.917. The third-order valence-electron chi connectivity index (χ3n) is 3.58. The highest BCUT2D eigenvalue weighted by molar-refractivity contribution is 5.85. The number of nitrogens with zero attached hydrogens (tertiary/aromatic N) is 2. The van der Waals surface area contributed by atoms with E-state index in [-0.39, 0.29) is 36.6 Å². The highest BCUT2D eigenvalue weighted by atomic mass is 35.5. The van der Waals surface area contributed by atoms with Gasteiger partial charge in [-0.3, -0.25) is 9.69 Å². The Kier molecular flexibility index (Phi) is 11.1. The zero-order valence-electron chi connectivity index (χ0n) is 11.6. The average Bonchev–Trinajstić information content (AvgIpc) is 2.78. The number of hydrogen-bond acceptors (Lipinski definition) is 3. The average molecular weight is 300 g/mol. The molecule has 0 aromatic carbocycles. The molecule has 0 bridgehead atoms. The first-order valence-electron chi connectivity index (χ1n) is 6.36. The van der Waals surface area contributed by atoms with Crippen molar-refractivity contribution in [1.82, 2.24) is 9.80 Å². The van der Waals surface area contributed by atoms with Crippen LogP contribution in [0.2, 0.25) is 0 Å². The van der Waals surface area contributed by atoms with Gasteiger partial charge in [0.05, 0.1) is 0 Å². The van der Waals surface area contributed by atoms with Crippen molar-refractivity contribution in [2.75, 3.05) is 32.7 Å². The number of halogens is 2. The number of nitrogens with two attached hydrogens (primary N) is 1. The summed E-state index contributed by atoms with van der Waals surface area (Å²) in [7, 11) is 0. The number of likely N-dealkylation sites (N-methyl/N-ethyl adjacent to an activating group) is 1. The standard InChI is InChI=1S/C12H25N3O.2ClH/c1-4-14(5-2)11-6-7-15(9-11)12(16)10(3)8-13;;/h10-11H,4-9,13H2,1-3H3;2*1H. The van der Waals surface area contributed by atoms with E-state index in [2.05, 4.69) is 18.7 Å². The minimum atomic E-state index is -0.0320. The van der Waals surface area contributed by atoms with E-state index in [0.717, 1.165) is 32.6 Å². The molecule has 2 atom stereocenters. The second kappa shape index (κ2) is 9.84. The number of amides is 1. The Labute approximate surface area is 123 Å². The first-order valence-corrected chi connectivity index (χ1v) is 6.36. The molecular weight excluding hydrogens is 273 g/mol. The highest BCUT2D eigenvalue weighted by Gasteiger charge is 2.30. The molecule has 18 heavy (non-hydrogen) atoms. The number of hydrogen-bond donors (Lipinski definition) is 1. The summed E-state index contributed by atoms with van der Waals surface area (Å²) in [5, 5.41) is 0. The van der Waals surface area contributed by atoms with Gasteiger partial charge in [-0.25, -0.2) is 0 Å². The van der Waals surface area contributed by atoms with Crippen molar-refractivity contribution in [1.29, 1.82) is 0 Å². The van der Waals surface area contributed by atoms with E-state index in [4.69, 9.17) is 5.73 Å². The van der Waals surface area contributed by atoms with Crippen LogP contribution in [0.15, 0.2) is 0 Å². The van der Waals surface area contributed by atoms with Gasteiger partial charge in [-0.1, -0.05) is 20.8 Å². The fourth-order valence-electron chi connectivity index (χ4n) is 2.39. The maximum absolute atomic E-state index is 11.9. The van der Waals surface area contributed by atoms with E-state index in [1.54, 1.807) is 0 Å². The minimum Gasteiger partial charge on any atom is -0.341 e. The van der Waals surface area contributed by atoms with Gasteiger partial charge in [0.2, 0.25) is 5.91 Å². The number of carbonyl (C=O) groups excluding carboxylic acids is 1. The van der Waals surface area contributed by atoms with Gasteiger partial charge in [0.1, 0.15) is 0 Å². The van der Waals surface area contributed by atoms with Gasteiger partial charge >= 0.3 is 0 Å². The third-order valence-corrected chi connectivity index (χ3v) is 3.58. The second-order valence-corrected chi connectivity index (χ2v) is 4.58. The maximum atomic E-state index is 11.9. The van der Waals surface area contributed by atoms with Crippen LogP contribution in [0.5, 0.6) is 0 Å². The Morgan fingerprint density at radius 3 is 2.39 bits per heavy atom. The van der Waals surface area contributed by atoms with Gasteiger partial charge in [-0.05, 0) is 19.5 Å². The molecule has 2 unspecified atom stereocenters. The van der Waals surface area contributed by atoms with Crippen LogP contribution >= 0.6 is 24.8 Å². The molecule has 0 saturated carbocycles. The quantitative estimate of drug-likeness (QED) is 0.834. The van der Waals surface area contributed by atoms with Gasteiger partial charge in [0.15, 0.2) is 0 Å². The molecule has 1 heterocycles. The number of rotatable bonds is 5. The van der Waals surface area contributed by atoms with Crippen molar-refractivity contribution in [3.63, 3.8) is 0 Å². The molecule has 1 aliphatic rings. The van der Waals surface area contributed by atoms with E-state index in [1.807, 2.05) is 11.8 Å². The summed E-state index contributed by atoms with van der Waals surface area (Å²) in [6, 6.07) is 0.545. The molecule has 1 aliphatic heterocycles. The Bertz CT molecular complexity index is 237. The lowest BCUT2D eigenvalue weighted by atomic mass is 10.1. The summed E-state index contributed by atoms with van der Waals surface area (Å²) in [5.41, 5.74) is 5.53. The Hall–Kier alpha value is -0.0300. The highest BCUT2D eigenvalue weighted by Crippen LogP contribution is 2.17. The molecule has 110 valence electrons. The van der Waals surface area contributed by atoms with Crippen LogP contribution < -0.4 is 5.73 Å². The summed E-state index contributed by atoms with van der Waals surface area (Å²) in [4.78, 5) is 16.4. The summed E-state index contributed by atoms with van der Waals surface area (Å²) >= 11 is 0. The van der Waals surface area contributed by atoms with Crippen molar-refractivity contribution in [2.24, 2.45) is 11.7 Å². The van der Waals surface area contributed by atoms with Gasteiger partial charge in [0.25, 0.3) is 0 Å².